The molecule has 126 valence electrons. The van der Waals surface area contributed by atoms with Crippen LogP contribution in [0.3, 0.4) is 0 Å². The fourth-order valence-electron chi connectivity index (χ4n) is 3.83. The Labute approximate surface area is 135 Å². The van der Waals surface area contributed by atoms with Crippen molar-refractivity contribution >= 4 is 6.09 Å². The Hall–Kier alpha value is -0.770. The minimum Gasteiger partial charge on any atom is -0.444 e. The molecule has 1 atom stereocenters. The second kappa shape index (κ2) is 6.03. The van der Waals surface area contributed by atoms with E-state index < -0.39 is 5.60 Å². The molecule has 0 radical (unpaired) electrons. The van der Waals surface area contributed by atoms with Gasteiger partial charge in [-0.1, -0.05) is 0 Å². The van der Waals surface area contributed by atoms with E-state index in [1.54, 1.807) is 0 Å². The van der Waals surface area contributed by atoms with E-state index in [-0.39, 0.29) is 6.09 Å². The molecule has 22 heavy (non-hydrogen) atoms. The monoisotopic (exact) mass is 308 g/mol. The van der Waals surface area contributed by atoms with Gasteiger partial charge in [-0.05, 0) is 83.1 Å². The zero-order chi connectivity index (χ0) is 15.8. The standard InChI is InChI=1S/C18H32N2O2/c1-17(2,3)22-16(21)20-10-4-5-14(12-20)11-19-13-18(8-9-18)15-6-7-15/h14-15,19H,4-13H2,1-3H3. The highest BCUT2D eigenvalue weighted by atomic mass is 16.6. The number of carbonyl (C=O) groups excluding carboxylic acids is 1. The van der Waals surface area contributed by atoms with Gasteiger partial charge in [0.25, 0.3) is 0 Å². The average Bonchev–Trinajstić information content (AvgIpc) is 3.30. The van der Waals surface area contributed by atoms with Crippen molar-refractivity contribution in [1.82, 2.24) is 10.2 Å². The lowest BCUT2D eigenvalue weighted by Crippen LogP contribution is -2.45. The van der Waals surface area contributed by atoms with E-state index in [0.717, 1.165) is 32.0 Å². The van der Waals surface area contributed by atoms with Gasteiger partial charge in [-0.25, -0.2) is 4.79 Å². The first kappa shape index (κ1) is 16.1. The molecule has 1 heterocycles. The van der Waals surface area contributed by atoms with E-state index in [1.807, 2.05) is 25.7 Å². The lowest BCUT2D eigenvalue weighted by molar-refractivity contribution is 0.0166. The number of piperidine rings is 1. The first-order valence-corrected chi connectivity index (χ1v) is 9.07. The molecule has 3 fully saturated rings. The summed E-state index contributed by atoms with van der Waals surface area (Å²) in [5, 5.41) is 3.71. The maximum Gasteiger partial charge on any atom is 0.410 e. The Bertz CT molecular complexity index is 408. The smallest absolute Gasteiger partial charge is 0.410 e. The van der Waals surface area contributed by atoms with Crippen LogP contribution in [-0.2, 0) is 4.74 Å². The van der Waals surface area contributed by atoms with Gasteiger partial charge < -0.3 is 15.0 Å². The minimum atomic E-state index is -0.398. The van der Waals surface area contributed by atoms with Crippen molar-refractivity contribution in [3.05, 3.63) is 0 Å². The van der Waals surface area contributed by atoms with Crippen LogP contribution >= 0.6 is 0 Å². The Morgan fingerprint density at radius 1 is 1.27 bits per heavy atom. The van der Waals surface area contributed by atoms with Gasteiger partial charge in [0.1, 0.15) is 5.60 Å². The molecule has 1 aliphatic heterocycles. The van der Waals surface area contributed by atoms with Gasteiger partial charge in [-0.3, -0.25) is 0 Å². The van der Waals surface area contributed by atoms with Crippen LogP contribution in [0.1, 0.15) is 59.3 Å². The van der Waals surface area contributed by atoms with Crippen molar-refractivity contribution in [2.75, 3.05) is 26.2 Å². The number of rotatable bonds is 5. The Balaban J connectivity index is 1.39. The summed E-state index contributed by atoms with van der Waals surface area (Å²) in [7, 11) is 0. The molecule has 0 spiro atoms. The highest BCUT2D eigenvalue weighted by molar-refractivity contribution is 5.68. The molecule has 1 unspecified atom stereocenters. The van der Waals surface area contributed by atoms with Crippen LogP contribution in [0, 0.1) is 17.3 Å². The zero-order valence-corrected chi connectivity index (χ0v) is 14.5. The van der Waals surface area contributed by atoms with Crippen LogP contribution in [0.25, 0.3) is 0 Å². The highest BCUT2D eigenvalue weighted by Gasteiger charge is 2.53. The third-order valence-corrected chi connectivity index (χ3v) is 5.42. The van der Waals surface area contributed by atoms with Crippen molar-refractivity contribution in [2.45, 2.75) is 64.9 Å². The summed E-state index contributed by atoms with van der Waals surface area (Å²) in [5.41, 5.74) is 0.268. The molecule has 0 aromatic heterocycles. The molecule has 4 nitrogen and oxygen atoms in total. The molecular weight excluding hydrogens is 276 g/mol. The first-order chi connectivity index (χ1) is 10.4. The maximum atomic E-state index is 12.2. The number of carbonyl (C=O) groups is 1. The van der Waals surface area contributed by atoms with Gasteiger partial charge in [0.2, 0.25) is 0 Å². The quantitative estimate of drug-likeness (QED) is 0.846. The molecule has 2 aliphatic carbocycles. The number of hydrogen-bond donors (Lipinski definition) is 1. The SMILES string of the molecule is CC(C)(C)OC(=O)N1CCCC(CNCC2(C3CC3)CC2)C1. The summed E-state index contributed by atoms with van der Waals surface area (Å²) >= 11 is 0. The predicted molar refractivity (Wildman–Crippen MR) is 87.8 cm³/mol. The maximum absolute atomic E-state index is 12.2. The van der Waals surface area contributed by atoms with E-state index in [9.17, 15) is 4.79 Å². The number of nitrogens with zero attached hydrogens (tertiary/aromatic N) is 1. The van der Waals surface area contributed by atoms with E-state index in [2.05, 4.69) is 5.32 Å². The number of nitrogens with one attached hydrogen (secondary N) is 1. The molecule has 1 amide bonds. The zero-order valence-electron chi connectivity index (χ0n) is 14.5. The van der Waals surface area contributed by atoms with E-state index in [1.165, 1.54) is 38.6 Å². The van der Waals surface area contributed by atoms with Crippen molar-refractivity contribution in [3.8, 4) is 0 Å². The third-order valence-electron chi connectivity index (χ3n) is 5.42. The Morgan fingerprint density at radius 2 is 2.00 bits per heavy atom. The molecule has 0 bridgehead atoms. The lowest BCUT2D eigenvalue weighted by atomic mass is 9.97. The molecule has 1 N–H and O–H groups in total. The summed E-state index contributed by atoms with van der Waals surface area (Å²) < 4.78 is 5.50. The fraction of sp³-hybridized carbons (Fsp3) is 0.944. The number of likely N-dealkylation sites (tertiary alicyclic amines) is 1. The second-order valence-electron chi connectivity index (χ2n) is 8.70. The highest BCUT2D eigenvalue weighted by Crippen LogP contribution is 2.60. The Morgan fingerprint density at radius 3 is 2.59 bits per heavy atom. The van der Waals surface area contributed by atoms with Crippen LogP contribution in [-0.4, -0.2) is 42.8 Å². The second-order valence-corrected chi connectivity index (χ2v) is 8.70. The summed E-state index contributed by atoms with van der Waals surface area (Å²) in [6.07, 6.45) is 7.95. The van der Waals surface area contributed by atoms with Crippen LogP contribution in [0.15, 0.2) is 0 Å². The topological polar surface area (TPSA) is 41.6 Å². The Kier molecular flexibility index (Phi) is 4.41. The average molecular weight is 308 g/mol. The van der Waals surface area contributed by atoms with Crippen LogP contribution in [0.5, 0.6) is 0 Å². The first-order valence-electron chi connectivity index (χ1n) is 9.07. The summed E-state index contributed by atoms with van der Waals surface area (Å²) in [6.45, 7) is 9.73. The molecule has 0 aromatic carbocycles. The van der Waals surface area contributed by atoms with Crippen molar-refractivity contribution < 1.29 is 9.53 Å². The fourth-order valence-corrected chi connectivity index (χ4v) is 3.83. The molecule has 3 aliphatic rings. The van der Waals surface area contributed by atoms with Gasteiger partial charge in [-0.2, -0.15) is 0 Å². The van der Waals surface area contributed by atoms with Gasteiger partial charge in [0.05, 0.1) is 0 Å². The van der Waals surface area contributed by atoms with Gasteiger partial charge >= 0.3 is 6.09 Å². The van der Waals surface area contributed by atoms with Gasteiger partial charge in [0, 0.05) is 19.6 Å². The third kappa shape index (κ3) is 4.15. The van der Waals surface area contributed by atoms with Gasteiger partial charge in [0.15, 0.2) is 0 Å². The van der Waals surface area contributed by atoms with Crippen LogP contribution in [0.4, 0.5) is 4.79 Å². The lowest BCUT2D eigenvalue weighted by Gasteiger charge is -2.34. The van der Waals surface area contributed by atoms with E-state index in [0.29, 0.717) is 11.3 Å². The van der Waals surface area contributed by atoms with E-state index in [4.69, 9.17) is 4.74 Å². The molecule has 2 saturated carbocycles. The van der Waals surface area contributed by atoms with Crippen molar-refractivity contribution in [1.29, 1.82) is 0 Å². The molecule has 1 saturated heterocycles. The van der Waals surface area contributed by atoms with E-state index >= 15 is 0 Å². The number of amides is 1. The van der Waals surface area contributed by atoms with Crippen LogP contribution < -0.4 is 5.32 Å². The summed E-state index contributed by atoms with van der Waals surface area (Å²) in [5.74, 6) is 1.60. The largest absolute Gasteiger partial charge is 0.444 e. The molecule has 4 heteroatoms. The number of hydrogen-bond acceptors (Lipinski definition) is 3. The summed E-state index contributed by atoms with van der Waals surface area (Å²) in [4.78, 5) is 14.1. The molecular formula is C18H32N2O2. The minimum absolute atomic E-state index is 0.145. The molecule has 0 aromatic rings. The van der Waals surface area contributed by atoms with Crippen molar-refractivity contribution in [2.24, 2.45) is 17.3 Å². The van der Waals surface area contributed by atoms with Gasteiger partial charge in [-0.15, -0.1) is 0 Å². The predicted octanol–water partition coefficient (Wildman–Crippen LogP) is 3.41. The molecule has 3 rings (SSSR count). The van der Waals surface area contributed by atoms with Crippen LogP contribution in [0.2, 0.25) is 0 Å². The summed E-state index contributed by atoms with van der Waals surface area (Å²) in [6, 6.07) is 0. The normalized spacial score (nSPS) is 27.6. The number of ether oxygens (including phenoxy) is 1. The van der Waals surface area contributed by atoms with Crippen molar-refractivity contribution in [3.63, 3.8) is 0 Å².